The lowest BCUT2D eigenvalue weighted by molar-refractivity contribution is -0.142. The summed E-state index contributed by atoms with van der Waals surface area (Å²) in [5, 5.41) is 2.49. The molecule has 1 saturated heterocycles. The number of nitrogens with one attached hydrogen (secondary N) is 1. The zero-order valence-corrected chi connectivity index (χ0v) is 4.79. The Morgan fingerprint density at radius 1 is 1.78 bits per heavy atom. The summed E-state index contributed by atoms with van der Waals surface area (Å²) in [6.07, 6.45) is -0.382. The van der Waals surface area contributed by atoms with Gasteiger partial charge < -0.3 is 10.1 Å². The van der Waals surface area contributed by atoms with Gasteiger partial charge in [0.2, 0.25) is 0 Å². The molecule has 1 aliphatic heterocycles. The van der Waals surface area contributed by atoms with Crippen LogP contribution in [0.4, 0.5) is 0 Å². The van der Waals surface area contributed by atoms with Crippen molar-refractivity contribution in [1.29, 1.82) is 0 Å². The molecule has 4 nitrogen and oxygen atoms in total. The molecule has 0 aromatic carbocycles. The largest absolute Gasteiger partial charge is 0.359 e. The molecule has 0 spiro atoms. The fraction of sp³-hybridized carbons (Fsp3) is 0.600. The summed E-state index contributed by atoms with van der Waals surface area (Å²) in [5.74, 6) is -0.337. The fourth-order valence-corrected chi connectivity index (χ4v) is 0.637. The van der Waals surface area contributed by atoms with Crippen LogP contribution in [0.15, 0.2) is 0 Å². The monoisotopic (exact) mass is 129 g/mol. The molecule has 0 bridgehead atoms. The molecular formula is C5H7NO3. The number of morpholine rings is 1. The van der Waals surface area contributed by atoms with Gasteiger partial charge in [-0.15, -0.1) is 0 Å². The van der Waals surface area contributed by atoms with Gasteiger partial charge in [-0.3, -0.25) is 9.59 Å². The molecule has 0 aromatic rings. The van der Waals surface area contributed by atoms with E-state index in [1.807, 2.05) is 0 Å². The van der Waals surface area contributed by atoms with Gasteiger partial charge in [0, 0.05) is 6.54 Å². The Hall–Kier alpha value is -0.900. The molecule has 0 aromatic heterocycles. The predicted molar refractivity (Wildman–Crippen MR) is 28.8 cm³/mol. The van der Waals surface area contributed by atoms with Gasteiger partial charge in [-0.1, -0.05) is 0 Å². The lowest BCUT2D eigenvalue weighted by Gasteiger charge is -2.17. The minimum Gasteiger partial charge on any atom is -0.359 e. The zero-order valence-electron chi connectivity index (χ0n) is 4.79. The summed E-state index contributed by atoms with van der Waals surface area (Å²) in [7, 11) is 0. The van der Waals surface area contributed by atoms with Crippen LogP contribution in [0, 0.1) is 0 Å². The summed E-state index contributed by atoms with van der Waals surface area (Å²) in [4.78, 5) is 20.5. The Balaban J connectivity index is 2.48. The van der Waals surface area contributed by atoms with Crippen molar-refractivity contribution >= 4 is 12.2 Å². The van der Waals surface area contributed by atoms with Crippen molar-refractivity contribution < 1.29 is 14.3 Å². The summed E-state index contributed by atoms with van der Waals surface area (Å²) < 4.78 is 4.76. The van der Waals surface area contributed by atoms with Crippen molar-refractivity contribution in [2.75, 3.05) is 13.2 Å². The smallest absolute Gasteiger partial charge is 0.256 e. The van der Waals surface area contributed by atoms with E-state index in [0.717, 1.165) is 0 Å². The third kappa shape index (κ3) is 1.26. The van der Waals surface area contributed by atoms with Crippen molar-refractivity contribution in [3.05, 3.63) is 0 Å². The number of hydrogen-bond acceptors (Lipinski definition) is 3. The predicted octanol–water partition coefficient (Wildman–Crippen LogP) is -1.30. The number of aldehydes is 1. The van der Waals surface area contributed by atoms with Crippen molar-refractivity contribution in [2.24, 2.45) is 0 Å². The Morgan fingerprint density at radius 2 is 2.56 bits per heavy atom. The average molecular weight is 129 g/mol. The van der Waals surface area contributed by atoms with Crippen molar-refractivity contribution in [3.63, 3.8) is 0 Å². The highest BCUT2D eigenvalue weighted by atomic mass is 16.5. The van der Waals surface area contributed by atoms with Gasteiger partial charge in [-0.25, -0.2) is 0 Å². The fourth-order valence-electron chi connectivity index (χ4n) is 0.637. The first-order valence-electron chi connectivity index (χ1n) is 2.69. The van der Waals surface area contributed by atoms with Gasteiger partial charge in [-0.2, -0.15) is 0 Å². The molecule has 0 radical (unpaired) electrons. The second-order valence-corrected chi connectivity index (χ2v) is 1.72. The van der Waals surface area contributed by atoms with Gasteiger partial charge >= 0.3 is 0 Å². The molecule has 1 N–H and O–H groups in total. The highest BCUT2D eigenvalue weighted by Crippen LogP contribution is 1.92. The number of carbonyl (C=O) groups is 2. The average Bonchev–Trinajstić information content (AvgIpc) is 1.89. The van der Waals surface area contributed by atoms with E-state index in [-0.39, 0.29) is 5.91 Å². The standard InChI is InChI=1S/C5H7NO3/c7-3-4-5(8)6-1-2-9-4/h3-4H,1-2H2,(H,6,8). The molecule has 1 atom stereocenters. The van der Waals surface area contributed by atoms with Gasteiger partial charge in [0.15, 0.2) is 12.4 Å². The summed E-state index contributed by atoms with van der Waals surface area (Å²) in [5.41, 5.74) is 0. The molecule has 9 heavy (non-hydrogen) atoms. The maximum absolute atomic E-state index is 10.6. The second kappa shape index (κ2) is 2.59. The lowest BCUT2D eigenvalue weighted by Crippen LogP contribution is -2.44. The summed E-state index contributed by atoms with van der Waals surface area (Å²) >= 11 is 0. The van der Waals surface area contributed by atoms with Crippen LogP contribution in [0.2, 0.25) is 0 Å². The minimum absolute atomic E-state index is 0.337. The van der Waals surface area contributed by atoms with Gasteiger partial charge in [-0.05, 0) is 0 Å². The minimum atomic E-state index is -0.876. The third-order valence-electron chi connectivity index (χ3n) is 1.08. The van der Waals surface area contributed by atoms with E-state index in [9.17, 15) is 9.59 Å². The maximum atomic E-state index is 10.6. The van der Waals surface area contributed by atoms with E-state index in [1.54, 1.807) is 0 Å². The summed E-state index contributed by atoms with van der Waals surface area (Å²) in [6.45, 7) is 0.929. The first-order valence-corrected chi connectivity index (χ1v) is 2.69. The van der Waals surface area contributed by atoms with E-state index in [0.29, 0.717) is 19.4 Å². The van der Waals surface area contributed by atoms with Crippen LogP contribution in [0.5, 0.6) is 0 Å². The van der Waals surface area contributed by atoms with Crippen molar-refractivity contribution in [3.8, 4) is 0 Å². The van der Waals surface area contributed by atoms with Gasteiger partial charge in [0.05, 0.1) is 6.61 Å². The molecule has 4 heteroatoms. The lowest BCUT2D eigenvalue weighted by atomic mass is 10.3. The van der Waals surface area contributed by atoms with Crippen molar-refractivity contribution in [1.82, 2.24) is 5.32 Å². The van der Waals surface area contributed by atoms with E-state index >= 15 is 0 Å². The van der Waals surface area contributed by atoms with E-state index in [4.69, 9.17) is 4.74 Å². The first-order chi connectivity index (χ1) is 4.34. The number of amides is 1. The number of ether oxygens (including phenoxy) is 1. The molecule has 50 valence electrons. The SMILES string of the molecule is O=CC1OCCNC1=O. The third-order valence-corrected chi connectivity index (χ3v) is 1.08. The molecule has 1 unspecified atom stereocenters. The van der Waals surface area contributed by atoms with Crippen LogP contribution in [0.1, 0.15) is 0 Å². The molecule has 1 amide bonds. The molecule has 1 aliphatic rings. The van der Waals surface area contributed by atoms with Crippen LogP contribution in [-0.4, -0.2) is 31.4 Å². The number of carbonyl (C=O) groups excluding carboxylic acids is 2. The maximum Gasteiger partial charge on any atom is 0.256 e. The van der Waals surface area contributed by atoms with Crippen LogP contribution in [-0.2, 0) is 14.3 Å². The Kier molecular flexibility index (Phi) is 1.79. The molecule has 1 heterocycles. The van der Waals surface area contributed by atoms with Crippen LogP contribution >= 0.6 is 0 Å². The van der Waals surface area contributed by atoms with Crippen LogP contribution in [0.25, 0.3) is 0 Å². The Bertz CT molecular complexity index is 134. The Morgan fingerprint density at radius 3 is 3.00 bits per heavy atom. The molecule has 0 saturated carbocycles. The molecule has 0 aliphatic carbocycles. The quantitative estimate of drug-likeness (QED) is 0.353. The second-order valence-electron chi connectivity index (χ2n) is 1.72. The topological polar surface area (TPSA) is 55.4 Å². The van der Waals surface area contributed by atoms with Crippen molar-refractivity contribution in [2.45, 2.75) is 6.10 Å². The summed E-state index contributed by atoms with van der Waals surface area (Å²) in [6, 6.07) is 0. The van der Waals surface area contributed by atoms with Gasteiger partial charge in [0.25, 0.3) is 5.91 Å². The highest BCUT2D eigenvalue weighted by molar-refractivity contribution is 5.94. The number of hydrogen-bond donors (Lipinski definition) is 1. The van der Waals surface area contributed by atoms with E-state index in [1.165, 1.54) is 0 Å². The zero-order chi connectivity index (χ0) is 6.69. The normalized spacial score (nSPS) is 27.1. The van der Waals surface area contributed by atoms with Gasteiger partial charge in [0.1, 0.15) is 0 Å². The number of rotatable bonds is 1. The Labute approximate surface area is 52.2 Å². The molecule has 1 rings (SSSR count). The molecular weight excluding hydrogens is 122 g/mol. The first kappa shape index (κ1) is 6.22. The van der Waals surface area contributed by atoms with E-state index in [2.05, 4.69) is 5.32 Å². The van der Waals surface area contributed by atoms with E-state index < -0.39 is 6.10 Å². The molecule has 1 fully saturated rings. The van der Waals surface area contributed by atoms with Crippen LogP contribution in [0.3, 0.4) is 0 Å². The van der Waals surface area contributed by atoms with Crippen LogP contribution < -0.4 is 5.32 Å². The highest BCUT2D eigenvalue weighted by Gasteiger charge is 2.20.